The maximum absolute atomic E-state index is 12.6. The molecule has 0 aliphatic heterocycles. The number of carbonyl (C=O) groups is 2. The Kier molecular flexibility index (Phi) is 5.48. The van der Waals surface area contributed by atoms with Crippen molar-refractivity contribution < 1.29 is 14.3 Å². The normalized spacial score (nSPS) is 11.0. The summed E-state index contributed by atoms with van der Waals surface area (Å²) in [6, 6.07) is 15.7. The first-order valence-corrected chi connectivity index (χ1v) is 9.89. The van der Waals surface area contributed by atoms with Gasteiger partial charge in [-0.05, 0) is 43.5 Å². The average Bonchev–Trinajstić information content (AvgIpc) is 3.15. The quantitative estimate of drug-likeness (QED) is 0.481. The molecule has 2 aromatic heterocycles. The van der Waals surface area contributed by atoms with Crippen molar-refractivity contribution >= 4 is 33.7 Å². The zero-order chi connectivity index (χ0) is 21.1. The molecule has 0 unspecified atom stereocenters. The molecule has 2 heterocycles. The van der Waals surface area contributed by atoms with Crippen molar-refractivity contribution in [1.82, 2.24) is 15.3 Å². The van der Waals surface area contributed by atoms with Crippen LogP contribution in [0.25, 0.3) is 21.8 Å². The van der Waals surface area contributed by atoms with E-state index in [9.17, 15) is 9.59 Å². The number of rotatable bonds is 6. The second-order valence-electron chi connectivity index (χ2n) is 7.25. The molecule has 0 aliphatic rings. The molecule has 2 N–H and O–H groups in total. The fourth-order valence-corrected chi connectivity index (χ4v) is 3.76. The number of amides is 1. The number of hydrogen-bond donors (Lipinski definition) is 2. The molecule has 0 fully saturated rings. The number of nitrogens with one attached hydrogen (secondary N) is 2. The molecule has 0 saturated carbocycles. The van der Waals surface area contributed by atoms with Crippen LogP contribution < -0.4 is 5.32 Å². The lowest BCUT2D eigenvalue weighted by molar-refractivity contribution is -0.124. The number of carbonyl (C=O) groups excluding carboxylic acids is 2. The summed E-state index contributed by atoms with van der Waals surface area (Å²) >= 11 is 0. The standard InChI is InChI=1S/C24H23N3O3/c1-15-18-7-3-6-10-21(18)27-16(2)23(15)24(29)30-14-22(28)25-12-11-17-13-26-20-9-5-4-8-19(17)20/h3-10,13,26H,11-12,14H2,1-2H3,(H,25,28). The summed E-state index contributed by atoms with van der Waals surface area (Å²) < 4.78 is 5.26. The number of aromatic amines is 1. The minimum Gasteiger partial charge on any atom is -0.452 e. The highest BCUT2D eigenvalue weighted by Gasteiger charge is 2.18. The number of para-hydroxylation sites is 2. The Morgan fingerprint density at radius 3 is 2.60 bits per heavy atom. The molecule has 0 aliphatic carbocycles. The van der Waals surface area contributed by atoms with Gasteiger partial charge in [0.15, 0.2) is 6.61 Å². The summed E-state index contributed by atoms with van der Waals surface area (Å²) in [5.74, 6) is -0.859. The number of aromatic nitrogens is 2. The van der Waals surface area contributed by atoms with Gasteiger partial charge in [0.25, 0.3) is 5.91 Å². The summed E-state index contributed by atoms with van der Waals surface area (Å²) in [6.45, 7) is 3.79. The average molecular weight is 401 g/mol. The van der Waals surface area contributed by atoms with Gasteiger partial charge in [-0.15, -0.1) is 0 Å². The number of benzene rings is 2. The number of hydrogen-bond acceptors (Lipinski definition) is 4. The molecule has 4 aromatic rings. The van der Waals surface area contributed by atoms with Crippen LogP contribution in [0.15, 0.2) is 54.7 Å². The van der Waals surface area contributed by atoms with Crippen LogP contribution in [0, 0.1) is 13.8 Å². The SMILES string of the molecule is Cc1nc2ccccc2c(C)c1C(=O)OCC(=O)NCCc1c[nH]c2ccccc12. The van der Waals surface area contributed by atoms with E-state index in [1.807, 2.05) is 61.7 Å². The van der Waals surface area contributed by atoms with E-state index >= 15 is 0 Å². The lowest BCUT2D eigenvalue weighted by atomic mass is 10.0. The highest BCUT2D eigenvalue weighted by Crippen LogP contribution is 2.23. The topological polar surface area (TPSA) is 84.1 Å². The van der Waals surface area contributed by atoms with Crippen LogP contribution in [-0.4, -0.2) is 35.0 Å². The van der Waals surface area contributed by atoms with E-state index in [-0.39, 0.29) is 12.5 Å². The van der Waals surface area contributed by atoms with Gasteiger partial charge in [0.2, 0.25) is 0 Å². The molecule has 6 nitrogen and oxygen atoms in total. The molecule has 0 radical (unpaired) electrons. The number of pyridine rings is 1. The molecular formula is C24H23N3O3. The van der Waals surface area contributed by atoms with Crippen LogP contribution in [0.3, 0.4) is 0 Å². The second-order valence-corrected chi connectivity index (χ2v) is 7.25. The predicted molar refractivity (Wildman–Crippen MR) is 117 cm³/mol. The molecule has 2 aromatic carbocycles. The van der Waals surface area contributed by atoms with Crippen LogP contribution in [0.4, 0.5) is 0 Å². The van der Waals surface area contributed by atoms with Gasteiger partial charge in [0, 0.05) is 29.0 Å². The van der Waals surface area contributed by atoms with E-state index in [0.717, 1.165) is 32.9 Å². The van der Waals surface area contributed by atoms with Crippen molar-refractivity contribution in [2.45, 2.75) is 20.3 Å². The Morgan fingerprint density at radius 2 is 1.77 bits per heavy atom. The fraction of sp³-hybridized carbons (Fsp3) is 0.208. The maximum Gasteiger partial charge on any atom is 0.340 e. The van der Waals surface area contributed by atoms with E-state index in [0.29, 0.717) is 24.2 Å². The molecule has 152 valence electrons. The first-order chi connectivity index (χ1) is 14.5. The molecular weight excluding hydrogens is 378 g/mol. The third-order valence-electron chi connectivity index (χ3n) is 5.26. The molecule has 30 heavy (non-hydrogen) atoms. The van der Waals surface area contributed by atoms with Gasteiger partial charge in [-0.25, -0.2) is 4.79 Å². The summed E-state index contributed by atoms with van der Waals surface area (Å²) in [5, 5.41) is 4.85. The second kappa shape index (κ2) is 8.37. The lowest BCUT2D eigenvalue weighted by Gasteiger charge is -2.12. The van der Waals surface area contributed by atoms with Gasteiger partial charge in [-0.1, -0.05) is 36.4 Å². The Hall–Kier alpha value is -3.67. The Bertz CT molecular complexity index is 1240. The number of fused-ring (bicyclic) bond motifs is 2. The van der Waals surface area contributed by atoms with Crippen molar-refractivity contribution in [2.24, 2.45) is 0 Å². The first-order valence-electron chi connectivity index (χ1n) is 9.89. The largest absolute Gasteiger partial charge is 0.452 e. The third kappa shape index (κ3) is 3.89. The van der Waals surface area contributed by atoms with Crippen molar-refractivity contribution in [1.29, 1.82) is 0 Å². The van der Waals surface area contributed by atoms with Crippen LogP contribution >= 0.6 is 0 Å². The van der Waals surface area contributed by atoms with E-state index in [1.165, 1.54) is 0 Å². The smallest absolute Gasteiger partial charge is 0.340 e. The van der Waals surface area contributed by atoms with Crippen molar-refractivity contribution in [3.05, 3.63) is 77.1 Å². The van der Waals surface area contributed by atoms with Crippen molar-refractivity contribution in [3.8, 4) is 0 Å². The summed E-state index contributed by atoms with van der Waals surface area (Å²) in [7, 11) is 0. The molecule has 1 amide bonds. The van der Waals surface area contributed by atoms with Gasteiger partial charge >= 0.3 is 5.97 Å². The minimum atomic E-state index is -0.532. The van der Waals surface area contributed by atoms with Crippen molar-refractivity contribution in [3.63, 3.8) is 0 Å². The minimum absolute atomic E-state index is 0.321. The summed E-state index contributed by atoms with van der Waals surface area (Å²) in [4.78, 5) is 32.4. The van der Waals surface area contributed by atoms with Gasteiger partial charge < -0.3 is 15.0 Å². The van der Waals surface area contributed by atoms with E-state index in [4.69, 9.17) is 4.74 Å². The molecule has 4 rings (SSSR count). The number of ether oxygens (including phenoxy) is 1. The zero-order valence-electron chi connectivity index (χ0n) is 17.0. The Balaban J connectivity index is 1.34. The zero-order valence-corrected chi connectivity index (χ0v) is 17.0. The van der Waals surface area contributed by atoms with Gasteiger partial charge in [-0.2, -0.15) is 0 Å². The van der Waals surface area contributed by atoms with E-state index in [2.05, 4.69) is 15.3 Å². The molecule has 0 spiro atoms. The van der Waals surface area contributed by atoms with Crippen LogP contribution in [0.2, 0.25) is 0 Å². The number of esters is 1. The van der Waals surface area contributed by atoms with Crippen LogP contribution in [-0.2, 0) is 16.0 Å². The number of H-pyrrole nitrogens is 1. The maximum atomic E-state index is 12.6. The highest BCUT2D eigenvalue weighted by molar-refractivity contribution is 5.99. The van der Waals surface area contributed by atoms with Gasteiger partial charge in [0.1, 0.15) is 0 Å². The number of nitrogens with zero attached hydrogens (tertiary/aromatic N) is 1. The lowest BCUT2D eigenvalue weighted by Crippen LogP contribution is -2.30. The molecule has 6 heteroatoms. The predicted octanol–water partition coefficient (Wildman–Crippen LogP) is 3.85. The van der Waals surface area contributed by atoms with E-state index in [1.54, 1.807) is 6.92 Å². The third-order valence-corrected chi connectivity index (χ3v) is 5.26. The molecule has 0 saturated heterocycles. The number of aryl methyl sites for hydroxylation is 2. The fourth-order valence-electron chi connectivity index (χ4n) is 3.76. The highest BCUT2D eigenvalue weighted by atomic mass is 16.5. The molecule has 0 bridgehead atoms. The van der Waals surface area contributed by atoms with Crippen molar-refractivity contribution in [2.75, 3.05) is 13.2 Å². The van der Waals surface area contributed by atoms with Crippen LogP contribution in [0.1, 0.15) is 27.2 Å². The van der Waals surface area contributed by atoms with E-state index < -0.39 is 5.97 Å². The van der Waals surface area contributed by atoms with Gasteiger partial charge in [0.05, 0.1) is 16.8 Å². The summed E-state index contributed by atoms with van der Waals surface area (Å²) in [5.41, 5.74) is 4.86. The Morgan fingerprint density at radius 1 is 1.03 bits per heavy atom. The molecule has 0 atom stereocenters. The van der Waals surface area contributed by atoms with Gasteiger partial charge in [-0.3, -0.25) is 9.78 Å². The summed E-state index contributed by atoms with van der Waals surface area (Å²) in [6.07, 6.45) is 2.64. The Labute approximate surface area is 174 Å². The van der Waals surface area contributed by atoms with Crippen LogP contribution in [0.5, 0.6) is 0 Å². The first kappa shape index (κ1) is 19.6. The monoisotopic (exact) mass is 401 g/mol.